The normalized spacial score (nSPS) is 13.4. The maximum absolute atomic E-state index is 10.9. The zero-order valence-corrected chi connectivity index (χ0v) is 9.92. The number of nitro groups is 2. The van der Waals surface area contributed by atoms with Crippen molar-refractivity contribution in [1.82, 2.24) is 0 Å². The first-order valence-corrected chi connectivity index (χ1v) is 5.39. The van der Waals surface area contributed by atoms with Gasteiger partial charge in [0.2, 0.25) is 0 Å². The topological polar surface area (TPSA) is 116 Å². The van der Waals surface area contributed by atoms with E-state index in [0.29, 0.717) is 5.71 Å². The third-order valence-electron chi connectivity index (χ3n) is 2.45. The number of aliphatic imine (C=N–C) groups is 1. The Bertz CT molecular complexity index is 685. The summed E-state index contributed by atoms with van der Waals surface area (Å²) in [5, 5.41) is 21.5. The summed E-state index contributed by atoms with van der Waals surface area (Å²) in [5.74, 6) is -0.206. The monoisotopic (exact) mass is 273 g/mol. The van der Waals surface area contributed by atoms with Crippen LogP contribution in [0, 0.1) is 20.2 Å². The van der Waals surface area contributed by atoms with Gasteiger partial charge < -0.3 is 0 Å². The van der Waals surface area contributed by atoms with E-state index in [-0.39, 0.29) is 17.2 Å². The highest BCUT2D eigenvalue weighted by Crippen LogP contribution is 2.31. The first-order chi connectivity index (χ1) is 9.47. The van der Waals surface area contributed by atoms with Crippen LogP contribution in [0.3, 0.4) is 0 Å². The van der Waals surface area contributed by atoms with Crippen molar-refractivity contribution in [3.05, 3.63) is 62.7 Å². The highest BCUT2D eigenvalue weighted by molar-refractivity contribution is 6.17. The standard InChI is InChI=1S/C12H7N3O5/c16-10-4-1-8(2-5-10)13-11-6-3-9(14(17)18)7-12(11)15(19)20/h1-7H. The van der Waals surface area contributed by atoms with E-state index in [1.807, 2.05) is 0 Å². The van der Waals surface area contributed by atoms with Crippen LogP contribution in [0.1, 0.15) is 0 Å². The van der Waals surface area contributed by atoms with Crippen molar-refractivity contribution in [2.75, 3.05) is 0 Å². The summed E-state index contributed by atoms with van der Waals surface area (Å²) in [4.78, 5) is 35.0. The first kappa shape index (κ1) is 13.3. The van der Waals surface area contributed by atoms with Gasteiger partial charge in [-0.2, -0.15) is 0 Å². The summed E-state index contributed by atoms with van der Waals surface area (Å²) in [5.41, 5.74) is -0.517. The molecule has 0 heterocycles. The van der Waals surface area contributed by atoms with Gasteiger partial charge in [-0.1, -0.05) is 0 Å². The lowest BCUT2D eigenvalue weighted by Crippen LogP contribution is -1.99. The second kappa shape index (κ2) is 5.22. The minimum Gasteiger partial charge on any atom is -0.290 e. The fourth-order valence-electron chi connectivity index (χ4n) is 1.53. The zero-order chi connectivity index (χ0) is 14.7. The molecule has 0 bridgehead atoms. The summed E-state index contributed by atoms with van der Waals surface area (Å²) in [6, 6.07) is 3.18. The SMILES string of the molecule is O=C1C=CC(=Nc2ccc([N+](=O)[O-])cc2[N+](=O)[O-])C=C1. The van der Waals surface area contributed by atoms with Crippen LogP contribution in [-0.4, -0.2) is 21.3 Å². The molecule has 100 valence electrons. The molecule has 0 amide bonds. The van der Waals surface area contributed by atoms with Crippen molar-refractivity contribution < 1.29 is 14.6 Å². The molecule has 0 saturated heterocycles. The smallest absolute Gasteiger partial charge is 0.290 e. The molecule has 0 spiro atoms. The van der Waals surface area contributed by atoms with Gasteiger partial charge in [0.05, 0.1) is 21.6 Å². The second-order valence-electron chi connectivity index (χ2n) is 3.79. The predicted molar refractivity (Wildman–Crippen MR) is 70.1 cm³/mol. The Hall–Kier alpha value is -3.16. The van der Waals surface area contributed by atoms with Crippen LogP contribution in [0.2, 0.25) is 0 Å². The van der Waals surface area contributed by atoms with E-state index < -0.39 is 15.5 Å². The first-order valence-electron chi connectivity index (χ1n) is 5.39. The van der Waals surface area contributed by atoms with Gasteiger partial charge in [-0.25, -0.2) is 4.99 Å². The molecule has 0 aliphatic heterocycles. The van der Waals surface area contributed by atoms with Crippen molar-refractivity contribution in [2.45, 2.75) is 0 Å². The number of carbonyl (C=O) groups excluding carboxylic acids is 1. The van der Waals surface area contributed by atoms with E-state index in [2.05, 4.69) is 4.99 Å². The summed E-state index contributed by atoms with van der Waals surface area (Å²) in [6.07, 6.45) is 5.37. The van der Waals surface area contributed by atoms with Crippen molar-refractivity contribution in [2.24, 2.45) is 4.99 Å². The number of hydrogen-bond acceptors (Lipinski definition) is 6. The minimum atomic E-state index is -0.742. The Labute approximate surface area is 112 Å². The molecule has 1 aliphatic carbocycles. The lowest BCUT2D eigenvalue weighted by atomic mass is 10.1. The maximum Gasteiger partial charge on any atom is 0.301 e. The fourth-order valence-corrected chi connectivity index (χ4v) is 1.53. The third kappa shape index (κ3) is 2.80. The number of allylic oxidation sites excluding steroid dienone is 4. The van der Waals surface area contributed by atoms with E-state index in [4.69, 9.17) is 0 Å². The maximum atomic E-state index is 10.9. The Morgan fingerprint density at radius 1 is 0.950 bits per heavy atom. The molecule has 8 nitrogen and oxygen atoms in total. The molecule has 1 aromatic rings. The predicted octanol–water partition coefficient (Wildman–Crippen LogP) is 2.27. The highest BCUT2D eigenvalue weighted by Gasteiger charge is 2.19. The number of nitro benzene ring substituents is 2. The van der Waals surface area contributed by atoms with Crippen molar-refractivity contribution in [1.29, 1.82) is 0 Å². The van der Waals surface area contributed by atoms with Gasteiger partial charge in [0.25, 0.3) is 5.69 Å². The van der Waals surface area contributed by atoms with Crippen LogP contribution in [0.5, 0.6) is 0 Å². The number of carbonyl (C=O) groups is 1. The second-order valence-corrected chi connectivity index (χ2v) is 3.79. The lowest BCUT2D eigenvalue weighted by Gasteiger charge is -2.01. The molecule has 0 N–H and O–H groups in total. The molecule has 2 rings (SSSR count). The fraction of sp³-hybridized carbons (Fsp3) is 0. The van der Waals surface area contributed by atoms with E-state index in [1.54, 1.807) is 0 Å². The van der Waals surface area contributed by atoms with Crippen molar-refractivity contribution in [3.8, 4) is 0 Å². The molecule has 0 atom stereocenters. The van der Waals surface area contributed by atoms with Crippen LogP contribution < -0.4 is 0 Å². The molecule has 0 unspecified atom stereocenters. The van der Waals surface area contributed by atoms with Crippen LogP contribution >= 0.6 is 0 Å². The van der Waals surface area contributed by atoms with Gasteiger partial charge in [0, 0.05) is 6.07 Å². The lowest BCUT2D eigenvalue weighted by molar-refractivity contribution is -0.393. The van der Waals surface area contributed by atoms with Crippen LogP contribution in [0.15, 0.2) is 47.5 Å². The van der Waals surface area contributed by atoms with E-state index in [0.717, 1.165) is 12.1 Å². The molecule has 0 radical (unpaired) electrons. The quantitative estimate of drug-likeness (QED) is 0.475. The molecule has 0 aromatic heterocycles. The molecule has 1 aromatic carbocycles. The largest absolute Gasteiger partial charge is 0.301 e. The third-order valence-corrected chi connectivity index (χ3v) is 2.45. The van der Waals surface area contributed by atoms with Gasteiger partial charge in [0.1, 0.15) is 5.69 Å². The Morgan fingerprint density at radius 3 is 2.15 bits per heavy atom. The van der Waals surface area contributed by atoms with E-state index in [9.17, 15) is 25.0 Å². The minimum absolute atomic E-state index is 0.0146. The van der Waals surface area contributed by atoms with E-state index >= 15 is 0 Å². The van der Waals surface area contributed by atoms with Crippen LogP contribution in [-0.2, 0) is 4.79 Å². The van der Waals surface area contributed by atoms with Gasteiger partial charge in [0.15, 0.2) is 5.78 Å². The van der Waals surface area contributed by atoms with E-state index in [1.165, 1.54) is 30.4 Å². The molecule has 8 heteroatoms. The Morgan fingerprint density at radius 2 is 1.60 bits per heavy atom. The number of hydrogen-bond donors (Lipinski definition) is 0. The Kier molecular flexibility index (Phi) is 3.47. The Balaban J connectivity index is 2.47. The zero-order valence-electron chi connectivity index (χ0n) is 9.92. The molecular formula is C12H7N3O5. The van der Waals surface area contributed by atoms with Crippen molar-refractivity contribution in [3.63, 3.8) is 0 Å². The van der Waals surface area contributed by atoms with Crippen LogP contribution in [0.25, 0.3) is 0 Å². The molecule has 20 heavy (non-hydrogen) atoms. The number of nitrogens with zero attached hydrogens (tertiary/aromatic N) is 3. The summed E-state index contributed by atoms with van der Waals surface area (Å²) < 4.78 is 0. The van der Waals surface area contributed by atoms with Gasteiger partial charge >= 0.3 is 5.69 Å². The summed E-state index contributed by atoms with van der Waals surface area (Å²) in [6.45, 7) is 0. The summed E-state index contributed by atoms with van der Waals surface area (Å²) >= 11 is 0. The molecule has 0 fully saturated rings. The molecular weight excluding hydrogens is 266 g/mol. The van der Waals surface area contributed by atoms with Crippen LogP contribution in [0.4, 0.5) is 17.1 Å². The molecule has 1 aliphatic rings. The van der Waals surface area contributed by atoms with Gasteiger partial charge in [-0.3, -0.25) is 25.0 Å². The van der Waals surface area contributed by atoms with Crippen molar-refractivity contribution >= 4 is 28.6 Å². The highest BCUT2D eigenvalue weighted by atomic mass is 16.6. The number of ketones is 1. The van der Waals surface area contributed by atoms with Gasteiger partial charge in [-0.15, -0.1) is 0 Å². The number of rotatable bonds is 3. The average Bonchev–Trinajstić information content (AvgIpc) is 2.41. The summed E-state index contributed by atoms with van der Waals surface area (Å²) in [7, 11) is 0. The number of benzene rings is 1. The van der Waals surface area contributed by atoms with Gasteiger partial charge in [-0.05, 0) is 30.4 Å². The average molecular weight is 273 g/mol. The number of non-ortho nitro benzene ring substituents is 1. The molecule has 0 saturated carbocycles.